The van der Waals surface area contributed by atoms with Crippen LogP contribution in [0.1, 0.15) is 66.2 Å². The SMILES string of the molecule is CCC(=O)O[C@]1(C(C)=O)CC[C@H]2[C@@H]3CCC4=CC(=O)C=C[C@]4(C)[C@H]3C(=O)C[C@@]21C. The summed E-state index contributed by atoms with van der Waals surface area (Å²) < 4.78 is 5.85. The van der Waals surface area contributed by atoms with Crippen LogP contribution in [0, 0.1) is 28.6 Å². The number of hydrogen-bond donors (Lipinski definition) is 0. The van der Waals surface area contributed by atoms with Gasteiger partial charge in [-0.1, -0.05) is 32.4 Å². The van der Waals surface area contributed by atoms with E-state index in [1.54, 1.807) is 19.1 Å². The van der Waals surface area contributed by atoms with Crippen molar-refractivity contribution in [3.63, 3.8) is 0 Å². The fourth-order valence-electron chi connectivity index (χ4n) is 7.10. The van der Waals surface area contributed by atoms with Crippen LogP contribution in [-0.2, 0) is 23.9 Å². The number of Topliss-reactive ketones (excluding diaryl/α,β-unsaturated/α-hetero) is 2. The molecule has 4 rings (SSSR count). The van der Waals surface area contributed by atoms with Gasteiger partial charge in [0, 0.05) is 29.6 Å². The fraction of sp³-hybridized carbons (Fsp3) is 0.667. The molecule has 4 aliphatic carbocycles. The quantitative estimate of drug-likeness (QED) is 0.677. The smallest absolute Gasteiger partial charge is 0.306 e. The van der Waals surface area contributed by atoms with Crippen molar-refractivity contribution >= 4 is 23.3 Å². The van der Waals surface area contributed by atoms with Crippen LogP contribution in [-0.4, -0.2) is 28.9 Å². The van der Waals surface area contributed by atoms with Gasteiger partial charge >= 0.3 is 5.97 Å². The van der Waals surface area contributed by atoms with Crippen LogP contribution in [0.3, 0.4) is 0 Å². The van der Waals surface area contributed by atoms with E-state index < -0.39 is 16.4 Å². The topological polar surface area (TPSA) is 77.5 Å². The molecular weight excluding hydrogens is 368 g/mol. The highest BCUT2D eigenvalue weighted by Gasteiger charge is 2.69. The number of hydrogen-bond acceptors (Lipinski definition) is 5. The van der Waals surface area contributed by atoms with Crippen LogP contribution in [0.2, 0.25) is 0 Å². The fourth-order valence-corrected chi connectivity index (χ4v) is 7.10. The first kappa shape index (κ1) is 20.2. The molecule has 0 heterocycles. The summed E-state index contributed by atoms with van der Waals surface area (Å²) in [6.45, 7) is 7.27. The molecule has 4 aliphatic rings. The van der Waals surface area contributed by atoms with Crippen molar-refractivity contribution in [1.82, 2.24) is 0 Å². The average Bonchev–Trinajstić information content (AvgIpc) is 2.94. The second-order valence-electron chi connectivity index (χ2n) is 9.78. The molecule has 0 spiro atoms. The first-order valence-electron chi connectivity index (χ1n) is 10.8. The van der Waals surface area contributed by atoms with Crippen molar-refractivity contribution in [2.45, 2.75) is 71.8 Å². The number of carbonyl (C=O) groups excluding carboxylic acids is 4. The number of allylic oxidation sites excluding steroid dienone is 4. The lowest BCUT2D eigenvalue weighted by Gasteiger charge is -2.57. The maximum Gasteiger partial charge on any atom is 0.306 e. The van der Waals surface area contributed by atoms with Crippen LogP contribution < -0.4 is 0 Å². The summed E-state index contributed by atoms with van der Waals surface area (Å²) in [5, 5.41) is 0. The Bertz CT molecular complexity index is 866. The molecule has 0 radical (unpaired) electrons. The van der Waals surface area contributed by atoms with Crippen molar-refractivity contribution < 1.29 is 23.9 Å². The predicted octanol–water partition coefficient (Wildman–Crippen LogP) is 3.75. The average molecular weight is 398 g/mol. The van der Waals surface area contributed by atoms with E-state index in [2.05, 4.69) is 6.92 Å². The molecule has 5 heteroatoms. The Hall–Kier alpha value is -2.04. The normalized spacial score (nSPS) is 43.2. The molecule has 0 aliphatic heterocycles. The number of rotatable bonds is 3. The Morgan fingerprint density at radius 2 is 1.93 bits per heavy atom. The molecule has 0 N–H and O–H groups in total. The second kappa shape index (κ2) is 6.48. The summed E-state index contributed by atoms with van der Waals surface area (Å²) in [4.78, 5) is 50.5. The zero-order chi connectivity index (χ0) is 21.2. The van der Waals surface area contributed by atoms with E-state index in [9.17, 15) is 19.2 Å². The lowest BCUT2D eigenvalue weighted by atomic mass is 9.46. The van der Waals surface area contributed by atoms with Gasteiger partial charge in [-0.15, -0.1) is 0 Å². The first-order chi connectivity index (χ1) is 13.6. The van der Waals surface area contributed by atoms with Gasteiger partial charge in [0.05, 0.1) is 0 Å². The third kappa shape index (κ3) is 2.58. The third-order valence-electron chi connectivity index (χ3n) is 8.52. The lowest BCUT2D eigenvalue weighted by molar-refractivity contribution is -0.189. The summed E-state index contributed by atoms with van der Waals surface area (Å²) in [6, 6.07) is 0. The molecular formula is C24H30O5. The molecule has 5 nitrogen and oxygen atoms in total. The van der Waals surface area contributed by atoms with Crippen molar-refractivity contribution in [3.8, 4) is 0 Å². The highest BCUT2D eigenvalue weighted by Crippen LogP contribution is 2.66. The zero-order valence-electron chi connectivity index (χ0n) is 17.7. The number of carbonyl (C=O) groups is 4. The molecule has 3 saturated carbocycles. The summed E-state index contributed by atoms with van der Waals surface area (Å²) in [5.41, 5.74) is -1.26. The van der Waals surface area contributed by atoms with Crippen molar-refractivity contribution in [2.75, 3.05) is 0 Å². The molecule has 0 unspecified atom stereocenters. The van der Waals surface area contributed by atoms with Crippen molar-refractivity contribution in [2.24, 2.45) is 28.6 Å². The van der Waals surface area contributed by atoms with Gasteiger partial charge in [-0.05, 0) is 56.6 Å². The maximum absolute atomic E-state index is 13.6. The minimum absolute atomic E-state index is 0.00744. The van der Waals surface area contributed by atoms with Gasteiger partial charge in [0.25, 0.3) is 0 Å². The minimum atomic E-state index is -1.21. The summed E-state index contributed by atoms with van der Waals surface area (Å²) in [7, 11) is 0. The van der Waals surface area contributed by atoms with E-state index in [-0.39, 0.29) is 53.9 Å². The molecule has 0 amide bonds. The van der Waals surface area contributed by atoms with E-state index in [1.165, 1.54) is 6.92 Å². The molecule has 3 fully saturated rings. The Balaban J connectivity index is 1.76. The zero-order valence-corrected chi connectivity index (χ0v) is 17.7. The van der Waals surface area contributed by atoms with Crippen molar-refractivity contribution in [1.29, 1.82) is 0 Å². The van der Waals surface area contributed by atoms with Gasteiger partial charge in [-0.3, -0.25) is 19.2 Å². The van der Waals surface area contributed by atoms with Crippen LogP contribution in [0.5, 0.6) is 0 Å². The molecule has 156 valence electrons. The Morgan fingerprint density at radius 1 is 1.21 bits per heavy atom. The first-order valence-corrected chi connectivity index (χ1v) is 10.8. The van der Waals surface area contributed by atoms with Crippen LogP contribution >= 0.6 is 0 Å². The van der Waals surface area contributed by atoms with Crippen molar-refractivity contribution in [3.05, 3.63) is 23.8 Å². The Morgan fingerprint density at radius 3 is 2.59 bits per heavy atom. The Kier molecular flexibility index (Phi) is 4.52. The van der Waals surface area contributed by atoms with E-state index in [4.69, 9.17) is 4.74 Å². The highest BCUT2D eigenvalue weighted by molar-refractivity contribution is 6.02. The molecule has 0 saturated heterocycles. The standard InChI is InChI=1S/C24H30O5/c1-5-20(28)29-24(14(2)25)11-9-18-17-7-6-15-12-16(26)8-10-22(15,3)21(17)19(27)13-23(18,24)4/h8,10,12,17-18,21H,5-7,9,11,13H2,1-4H3/t17-,18-,21+,22-,23-,24-/m0/s1. The summed E-state index contributed by atoms with van der Waals surface area (Å²) >= 11 is 0. The molecule has 0 aromatic carbocycles. The number of ether oxygens (including phenoxy) is 1. The van der Waals surface area contributed by atoms with Crippen LogP contribution in [0.4, 0.5) is 0 Å². The lowest BCUT2D eigenvalue weighted by Crippen LogP contribution is -2.61. The van der Waals surface area contributed by atoms with Gasteiger partial charge in [0.2, 0.25) is 0 Å². The number of ketones is 3. The monoisotopic (exact) mass is 398 g/mol. The van der Waals surface area contributed by atoms with E-state index in [0.717, 1.165) is 24.8 Å². The van der Waals surface area contributed by atoms with E-state index in [1.807, 2.05) is 13.0 Å². The van der Waals surface area contributed by atoms with Gasteiger partial charge in [0.1, 0.15) is 5.78 Å². The third-order valence-corrected chi connectivity index (χ3v) is 8.52. The molecule has 0 bridgehead atoms. The van der Waals surface area contributed by atoms with Gasteiger partial charge < -0.3 is 4.74 Å². The number of fused-ring (bicyclic) bond motifs is 5. The van der Waals surface area contributed by atoms with E-state index in [0.29, 0.717) is 6.42 Å². The van der Waals surface area contributed by atoms with Gasteiger partial charge in [0.15, 0.2) is 17.2 Å². The van der Waals surface area contributed by atoms with Crippen LogP contribution in [0.25, 0.3) is 0 Å². The molecule has 0 aromatic rings. The molecule has 0 aromatic heterocycles. The van der Waals surface area contributed by atoms with Crippen LogP contribution in [0.15, 0.2) is 23.8 Å². The van der Waals surface area contributed by atoms with Gasteiger partial charge in [-0.25, -0.2) is 0 Å². The summed E-state index contributed by atoms with van der Waals surface area (Å²) in [5.74, 6) is -0.332. The second-order valence-corrected chi connectivity index (χ2v) is 9.78. The largest absolute Gasteiger partial charge is 0.450 e. The molecule has 6 atom stereocenters. The maximum atomic E-state index is 13.6. The molecule has 29 heavy (non-hydrogen) atoms. The summed E-state index contributed by atoms with van der Waals surface area (Å²) in [6.07, 6.45) is 8.54. The highest BCUT2D eigenvalue weighted by atomic mass is 16.6. The Labute approximate surface area is 171 Å². The number of esters is 1. The minimum Gasteiger partial charge on any atom is -0.450 e. The van der Waals surface area contributed by atoms with E-state index >= 15 is 0 Å². The predicted molar refractivity (Wildman–Crippen MR) is 107 cm³/mol. The van der Waals surface area contributed by atoms with Gasteiger partial charge in [-0.2, -0.15) is 0 Å².